The monoisotopic (exact) mass is 325 g/mol. The van der Waals surface area contributed by atoms with Gasteiger partial charge in [0.2, 0.25) is 0 Å². The molecule has 0 saturated carbocycles. The molecule has 1 aromatic rings. The first-order chi connectivity index (χ1) is 9.06. The Morgan fingerprint density at radius 2 is 2.26 bits per heavy atom. The van der Waals surface area contributed by atoms with Gasteiger partial charge in [-0.05, 0) is 56.9 Å². The van der Waals surface area contributed by atoms with Crippen LogP contribution < -0.4 is 10.2 Å². The summed E-state index contributed by atoms with van der Waals surface area (Å²) in [5.74, 6) is 0.120. The van der Waals surface area contributed by atoms with Gasteiger partial charge < -0.3 is 10.2 Å². The SMILES string of the molecule is Cc1cc(Br)ccc1NC(=O)C[NH+]1CCCC[C@H]1C. The summed E-state index contributed by atoms with van der Waals surface area (Å²) < 4.78 is 1.04. The number of nitrogens with one attached hydrogen (secondary N) is 2. The van der Waals surface area contributed by atoms with E-state index in [4.69, 9.17) is 0 Å². The maximum atomic E-state index is 12.1. The number of quaternary nitrogens is 1. The number of hydrogen-bond donors (Lipinski definition) is 2. The topological polar surface area (TPSA) is 33.5 Å². The first kappa shape index (κ1) is 14.5. The average molecular weight is 326 g/mol. The zero-order chi connectivity index (χ0) is 13.8. The van der Waals surface area contributed by atoms with Gasteiger partial charge in [0.25, 0.3) is 5.91 Å². The lowest BCUT2D eigenvalue weighted by molar-refractivity contribution is -0.920. The van der Waals surface area contributed by atoms with Gasteiger partial charge in [0.1, 0.15) is 0 Å². The number of aryl methyl sites for hydroxylation is 1. The molecule has 1 aromatic carbocycles. The minimum Gasteiger partial charge on any atom is -0.325 e. The Kier molecular flexibility index (Phi) is 4.99. The Hall–Kier alpha value is -0.870. The molecule has 1 fully saturated rings. The summed E-state index contributed by atoms with van der Waals surface area (Å²) in [6.45, 7) is 5.95. The van der Waals surface area contributed by atoms with Crippen LogP contribution in [-0.2, 0) is 4.79 Å². The van der Waals surface area contributed by atoms with Gasteiger partial charge in [0, 0.05) is 10.2 Å². The number of carbonyl (C=O) groups is 1. The Balaban J connectivity index is 1.93. The van der Waals surface area contributed by atoms with Gasteiger partial charge in [-0.2, -0.15) is 0 Å². The van der Waals surface area contributed by atoms with Gasteiger partial charge >= 0.3 is 0 Å². The van der Waals surface area contributed by atoms with Crippen molar-refractivity contribution in [2.24, 2.45) is 0 Å². The molecule has 1 aliphatic heterocycles. The molecule has 2 atom stereocenters. The second-order valence-corrected chi connectivity index (χ2v) is 6.40. The Labute approximate surface area is 123 Å². The van der Waals surface area contributed by atoms with Crippen LogP contribution in [-0.4, -0.2) is 25.0 Å². The normalized spacial score (nSPS) is 23.1. The van der Waals surface area contributed by atoms with Crippen molar-refractivity contribution in [3.05, 3.63) is 28.2 Å². The fourth-order valence-electron chi connectivity index (χ4n) is 2.68. The molecule has 0 aromatic heterocycles. The number of hydrogen-bond acceptors (Lipinski definition) is 1. The van der Waals surface area contributed by atoms with E-state index in [9.17, 15) is 4.79 Å². The number of carbonyl (C=O) groups excluding carboxylic acids is 1. The summed E-state index contributed by atoms with van der Waals surface area (Å²) >= 11 is 3.43. The van der Waals surface area contributed by atoms with Gasteiger partial charge in [-0.3, -0.25) is 4.79 Å². The van der Waals surface area contributed by atoms with Gasteiger partial charge in [0.05, 0.1) is 12.6 Å². The highest BCUT2D eigenvalue weighted by Gasteiger charge is 2.24. The lowest BCUT2D eigenvalue weighted by atomic mass is 10.0. The number of anilines is 1. The van der Waals surface area contributed by atoms with E-state index in [2.05, 4.69) is 28.2 Å². The van der Waals surface area contributed by atoms with Crippen molar-refractivity contribution in [1.82, 2.24) is 0 Å². The maximum absolute atomic E-state index is 12.1. The molecule has 1 unspecified atom stereocenters. The van der Waals surface area contributed by atoms with Gasteiger partial charge in [0.15, 0.2) is 6.54 Å². The minimum absolute atomic E-state index is 0.120. The largest absolute Gasteiger partial charge is 0.325 e. The predicted octanol–water partition coefficient (Wildman–Crippen LogP) is 2.15. The molecule has 3 nitrogen and oxygen atoms in total. The number of benzene rings is 1. The maximum Gasteiger partial charge on any atom is 0.279 e. The molecule has 2 rings (SSSR count). The van der Waals surface area contributed by atoms with E-state index in [-0.39, 0.29) is 5.91 Å². The number of piperidine rings is 1. The molecule has 1 saturated heterocycles. The molecule has 19 heavy (non-hydrogen) atoms. The van der Waals surface area contributed by atoms with Gasteiger partial charge in [-0.1, -0.05) is 15.9 Å². The van der Waals surface area contributed by atoms with E-state index >= 15 is 0 Å². The molecule has 0 aliphatic carbocycles. The van der Waals surface area contributed by atoms with Crippen molar-refractivity contribution >= 4 is 27.5 Å². The van der Waals surface area contributed by atoms with Crippen molar-refractivity contribution in [2.45, 2.75) is 39.2 Å². The number of rotatable bonds is 3. The van der Waals surface area contributed by atoms with Crippen LogP contribution in [0.3, 0.4) is 0 Å². The van der Waals surface area contributed by atoms with Crippen LogP contribution in [0, 0.1) is 6.92 Å². The van der Waals surface area contributed by atoms with E-state index < -0.39 is 0 Å². The average Bonchev–Trinajstić information content (AvgIpc) is 2.36. The summed E-state index contributed by atoms with van der Waals surface area (Å²) in [5, 5.41) is 3.02. The quantitative estimate of drug-likeness (QED) is 0.877. The summed E-state index contributed by atoms with van der Waals surface area (Å²) in [7, 11) is 0. The molecule has 1 aliphatic rings. The Morgan fingerprint density at radius 3 is 2.95 bits per heavy atom. The second kappa shape index (κ2) is 6.53. The highest BCUT2D eigenvalue weighted by Crippen LogP contribution is 2.19. The van der Waals surface area contributed by atoms with Gasteiger partial charge in [-0.15, -0.1) is 0 Å². The van der Waals surface area contributed by atoms with E-state index in [1.807, 2.05) is 25.1 Å². The van der Waals surface area contributed by atoms with E-state index in [1.54, 1.807) is 0 Å². The molecular formula is C15H22BrN2O+. The van der Waals surface area contributed by atoms with Crippen LogP contribution in [0.25, 0.3) is 0 Å². The Bertz CT molecular complexity index is 461. The van der Waals surface area contributed by atoms with E-state index in [1.165, 1.54) is 24.2 Å². The van der Waals surface area contributed by atoms with Crippen LogP contribution in [0.1, 0.15) is 31.7 Å². The molecule has 0 bridgehead atoms. The lowest BCUT2D eigenvalue weighted by Gasteiger charge is -2.29. The third-order valence-electron chi connectivity index (χ3n) is 3.93. The second-order valence-electron chi connectivity index (χ2n) is 5.49. The highest BCUT2D eigenvalue weighted by molar-refractivity contribution is 9.10. The predicted molar refractivity (Wildman–Crippen MR) is 81.5 cm³/mol. The van der Waals surface area contributed by atoms with Crippen molar-refractivity contribution in [2.75, 3.05) is 18.4 Å². The van der Waals surface area contributed by atoms with E-state index in [0.717, 1.165) is 22.3 Å². The van der Waals surface area contributed by atoms with Crippen molar-refractivity contribution in [1.29, 1.82) is 0 Å². The molecule has 0 radical (unpaired) electrons. The zero-order valence-corrected chi connectivity index (χ0v) is 13.2. The minimum atomic E-state index is 0.120. The molecule has 1 heterocycles. The van der Waals surface area contributed by atoms with Crippen LogP contribution in [0.15, 0.2) is 22.7 Å². The van der Waals surface area contributed by atoms with Crippen LogP contribution >= 0.6 is 15.9 Å². The van der Waals surface area contributed by atoms with Crippen LogP contribution in [0.2, 0.25) is 0 Å². The zero-order valence-electron chi connectivity index (χ0n) is 11.6. The van der Waals surface area contributed by atoms with E-state index in [0.29, 0.717) is 12.6 Å². The summed E-state index contributed by atoms with van der Waals surface area (Å²) in [4.78, 5) is 13.5. The first-order valence-corrected chi connectivity index (χ1v) is 7.76. The molecule has 0 spiro atoms. The standard InChI is InChI=1S/C15H21BrN2O/c1-11-9-13(16)6-7-14(11)17-15(19)10-18-8-4-3-5-12(18)2/h6-7,9,12H,3-5,8,10H2,1-2H3,(H,17,19)/p+1/t12-/m1/s1. The lowest BCUT2D eigenvalue weighted by Crippen LogP contribution is -3.17. The molecule has 1 amide bonds. The third-order valence-corrected chi connectivity index (χ3v) is 4.43. The fraction of sp³-hybridized carbons (Fsp3) is 0.533. The van der Waals surface area contributed by atoms with Crippen LogP contribution in [0.5, 0.6) is 0 Å². The number of amides is 1. The van der Waals surface area contributed by atoms with Crippen molar-refractivity contribution in [3.8, 4) is 0 Å². The molecule has 4 heteroatoms. The fourth-order valence-corrected chi connectivity index (χ4v) is 3.16. The third kappa shape index (κ3) is 4.05. The van der Waals surface area contributed by atoms with Crippen molar-refractivity contribution in [3.63, 3.8) is 0 Å². The number of likely N-dealkylation sites (tertiary alicyclic amines) is 1. The van der Waals surface area contributed by atoms with Gasteiger partial charge in [-0.25, -0.2) is 0 Å². The summed E-state index contributed by atoms with van der Waals surface area (Å²) in [6, 6.07) is 6.53. The molecular weight excluding hydrogens is 304 g/mol. The molecule has 104 valence electrons. The summed E-state index contributed by atoms with van der Waals surface area (Å²) in [5.41, 5.74) is 2.00. The van der Waals surface area contributed by atoms with Crippen molar-refractivity contribution < 1.29 is 9.69 Å². The number of halogens is 1. The van der Waals surface area contributed by atoms with Crippen LogP contribution in [0.4, 0.5) is 5.69 Å². The highest BCUT2D eigenvalue weighted by atomic mass is 79.9. The first-order valence-electron chi connectivity index (χ1n) is 6.97. The smallest absolute Gasteiger partial charge is 0.279 e. The molecule has 2 N–H and O–H groups in total. The Morgan fingerprint density at radius 1 is 1.47 bits per heavy atom. The summed E-state index contributed by atoms with van der Waals surface area (Å²) in [6.07, 6.45) is 3.78.